The van der Waals surface area contributed by atoms with Crippen molar-refractivity contribution in [1.29, 1.82) is 5.26 Å². The molecule has 2 N–H and O–H groups in total. The monoisotopic (exact) mass is 209 g/mol. The molecule has 1 unspecified atom stereocenters. The molecule has 86 valence electrons. The fourth-order valence-corrected chi connectivity index (χ4v) is 2.31. The van der Waals surface area contributed by atoms with E-state index >= 15 is 0 Å². The highest BCUT2D eigenvalue weighted by atomic mass is 15.2. The van der Waals surface area contributed by atoms with E-state index in [2.05, 4.69) is 31.9 Å². The summed E-state index contributed by atoms with van der Waals surface area (Å²) in [7, 11) is 2.08. The Morgan fingerprint density at radius 3 is 2.33 bits per heavy atom. The molecule has 1 atom stereocenters. The second-order valence-corrected chi connectivity index (χ2v) is 4.81. The van der Waals surface area contributed by atoms with Gasteiger partial charge in [-0.1, -0.05) is 13.8 Å². The minimum Gasteiger partial charge on any atom is -0.312 e. The van der Waals surface area contributed by atoms with Crippen LogP contribution in [-0.4, -0.2) is 30.1 Å². The largest absolute Gasteiger partial charge is 0.312 e. The van der Waals surface area contributed by atoms with Crippen molar-refractivity contribution < 1.29 is 0 Å². The molecular formula is C12H23N3. The maximum absolute atomic E-state index is 9.17. The van der Waals surface area contributed by atoms with Crippen LogP contribution in [0, 0.1) is 17.2 Å². The van der Waals surface area contributed by atoms with Crippen molar-refractivity contribution in [3.05, 3.63) is 0 Å². The number of hydrogen-bond donors (Lipinski definition) is 1. The van der Waals surface area contributed by atoms with Gasteiger partial charge in [0.2, 0.25) is 0 Å². The Bertz CT molecular complexity index is 238. The van der Waals surface area contributed by atoms with Crippen LogP contribution >= 0.6 is 0 Å². The van der Waals surface area contributed by atoms with E-state index in [0.29, 0.717) is 18.5 Å². The molecule has 1 aliphatic rings. The van der Waals surface area contributed by atoms with Gasteiger partial charge in [0.1, 0.15) is 5.54 Å². The number of nitrogens with zero attached hydrogens (tertiary/aromatic N) is 2. The quantitative estimate of drug-likeness (QED) is 0.725. The maximum atomic E-state index is 9.17. The Hall–Kier alpha value is -0.590. The van der Waals surface area contributed by atoms with Gasteiger partial charge < -0.3 is 10.6 Å². The van der Waals surface area contributed by atoms with Crippen LogP contribution in [0.15, 0.2) is 0 Å². The molecular weight excluding hydrogens is 186 g/mol. The van der Waals surface area contributed by atoms with E-state index in [4.69, 9.17) is 5.73 Å². The zero-order valence-electron chi connectivity index (χ0n) is 10.2. The van der Waals surface area contributed by atoms with E-state index in [1.54, 1.807) is 0 Å². The number of likely N-dealkylation sites (N-methyl/N-ethyl adjacent to an activating group) is 1. The summed E-state index contributed by atoms with van der Waals surface area (Å²) in [4.78, 5) is 2.25. The predicted molar refractivity (Wildman–Crippen MR) is 62.3 cm³/mol. The third-order valence-electron chi connectivity index (χ3n) is 3.59. The van der Waals surface area contributed by atoms with Crippen molar-refractivity contribution in [2.45, 2.75) is 51.1 Å². The molecule has 0 radical (unpaired) electrons. The molecule has 1 fully saturated rings. The van der Waals surface area contributed by atoms with Crippen molar-refractivity contribution in [2.75, 3.05) is 13.6 Å². The van der Waals surface area contributed by atoms with Gasteiger partial charge in [-0.25, -0.2) is 0 Å². The predicted octanol–water partition coefficient (Wildman–Crippen LogP) is 1.74. The molecule has 15 heavy (non-hydrogen) atoms. The highest BCUT2D eigenvalue weighted by Crippen LogP contribution is 2.38. The summed E-state index contributed by atoms with van der Waals surface area (Å²) in [6, 6.07) is 2.87. The molecule has 3 nitrogen and oxygen atoms in total. The van der Waals surface area contributed by atoms with E-state index in [-0.39, 0.29) is 0 Å². The first-order valence-electron chi connectivity index (χ1n) is 5.97. The third-order valence-corrected chi connectivity index (χ3v) is 3.59. The average Bonchev–Trinajstić information content (AvgIpc) is 3.03. The molecule has 0 bridgehead atoms. The van der Waals surface area contributed by atoms with Crippen molar-refractivity contribution >= 4 is 0 Å². The van der Waals surface area contributed by atoms with Crippen LogP contribution in [0.1, 0.15) is 39.5 Å². The third kappa shape index (κ3) is 2.93. The summed E-state index contributed by atoms with van der Waals surface area (Å²) in [5.41, 5.74) is 5.53. The summed E-state index contributed by atoms with van der Waals surface area (Å²) in [5.74, 6) is 0.430. The van der Waals surface area contributed by atoms with Crippen molar-refractivity contribution in [3.63, 3.8) is 0 Å². The molecule has 0 aromatic heterocycles. The van der Waals surface area contributed by atoms with Crippen LogP contribution in [0.3, 0.4) is 0 Å². The molecule has 1 aliphatic carbocycles. The van der Waals surface area contributed by atoms with Gasteiger partial charge in [-0.15, -0.1) is 0 Å². The average molecular weight is 209 g/mol. The van der Waals surface area contributed by atoms with E-state index < -0.39 is 5.54 Å². The smallest absolute Gasteiger partial charge is 0.119 e. The minimum absolute atomic E-state index is 0.430. The van der Waals surface area contributed by atoms with Gasteiger partial charge in [0.15, 0.2) is 0 Å². The van der Waals surface area contributed by atoms with Crippen LogP contribution < -0.4 is 5.73 Å². The Balaban J connectivity index is 2.55. The first-order chi connectivity index (χ1) is 7.07. The number of rotatable bonds is 6. The van der Waals surface area contributed by atoms with Crippen LogP contribution in [0.4, 0.5) is 0 Å². The lowest BCUT2D eigenvalue weighted by Gasteiger charge is -2.32. The van der Waals surface area contributed by atoms with E-state index in [9.17, 15) is 5.26 Å². The lowest BCUT2D eigenvalue weighted by molar-refractivity contribution is 0.189. The van der Waals surface area contributed by atoms with Crippen LogP contribution in [-0.2, 0) is 0 Å². The first kappa shape index (κ1) is 12.5. The maximum Gasteiger partial charge on any atom is 0.119 e. The molecule has 0 aromatic carbocycles. The Labute approximate surface area is 93.2 Å². The molecule has 1 rings (SSSR count). The zero-order chi connectivity index (χ0) is 11.5. The number of nitrogens with two attached hydrogens (primary N) is 1. The fraction of sp³-hybridized carbons (Fsp3) is 0.917. The summed E-state index contributed by atoms with van der Waals surface area (Å²) in [6.07, 6.45) is 4.50. The zero-order valence-corrected chi connectivity index (χ0v) is 10.2. The SMILES string of the molecule is CCC(CC)N(C)CC(N)(C#N)C1CC1. The summed E-state index contributed by atoms with van der Waals surface area (Å²) < 4.78 is 0. The molecule has 0 spiro atoms. The van der Waals surface area contributed by atoms with Gasteiger partial charge in [-0.3, -0.25) is 0 Å². The van der Waals surface area contributed by atoms with Gasteiger partial charge in [-0.2, -0.15) is 5.26 Å². The lowest BCUT2D eigenvalue weighted by atomic mass is 9.95. The second-order valence-electron chi connectivity index (χ2n) is 4.81. The minimum atomic E-state index is -0.614. The standard InChI is InChI=1S/C12H23N3/c1-4-11(5-2)15(3)9-12(14,8-13)10-6-7-10/h10-11H,4-7,9,14H2,1-3H3. The summed E-state index contributed by atoms with van der Waals surface area (Å²) >= 11 is 0. The summed E-state index contributed by atoms with van der Waals surface area (Å²) in [6.45, 7) is 5.08. The van der Waals surface area contributed by atoms with Crippen molar-refractivity contribution in [3.8, 4) is 6.07 Å². The van der Waals surface area contributed by atoms with Gasteiger partial charge in [0.25, 0.3) is 0 Å². The van der Waals surface area contributed by atoms with Gasteiger partial charge in [0, 0.05) is 12.6 Å². The Morgan fingerprint density at radius 2 is 2.00 bits per heavy atom. The van der Waals surface area contributed by atoms with Crippen molar-refractivity contribution in [2.24, 2.45) is 11.7 Å². The Kier molecular flexibility index (Phi) is 4.12. The van der Waals surface area contributed by atoms with Gasteiger partial charge in [0.05, 0.1) is 6.07 Å². The van der Waals surface area contributed by atoms with E-state index in [1.165, 1.54) is 0 Å². The summed E-state index contributed by atoms with van der Waals surface area (Å²) in [5, 5.41) is 9.17. The van der Waals surface area contributed by atoms with Crippen LogP contribution in [0.25, 0.3) is 0 Å². The molecule has 0 aromatic rings. The van der Waals surface area contributed by atoms with Gasteiger partial charge >= 0.3 is 0 Å². The van der Waals surface area contributed by atoms with E-state index in [0.717, 1.165) is 25.7 Å². The topological polar surface area (TPSA) is 53.0 Å². The molecule has 0 heterocycles. The molecule has 0 saturated heterocycles. The Morgan fingerprint density at radius 1 is 1.47 bits per heavy atom. The first-order valence-corrected chi connectivity index (χ1v) is 5.97. The number of hydrogen-bond acceptors (Lipinski definition) is 3. The molecule has 0 amide bonds. The lowest BCUT2D eigenvalue weighted by Crippen LogP contribution is -2.52. The highest BCUT2D eigenvalue weighted by Gasteiger charge is 2.43. The van der Waals surface area contributed by atoms with Crippen LogP contribution in [0.2, 0.25) is 0 Å². The highest BCUT2D eigenvalue weighted by molar-refractivity contribution is 5.14. The van der Waals surface area contributed by atoms with Crippen molar-refractivity contribution in [1.82, 2.24) is 4.90 Å². The van der Waals surface area contributed by atoms with Crippen LogP contribution in [0.5, 0.6) is 0 Å². The molecule has 0 aliphatic heterocycles. The number of nitriles is 1. The molecule has 3 heteroatoms. The van der Waals surface area contributed by atoms with E-state index in [1.807, 2.05) is 0 Å². The normalized spacial score (nSPS) is 20.3. The fourth-order valence-electron chi connectivity index (χ4n) is 2.31. The van der Waals surface area contributed by atoms with Gasteiger partial charge in [-0.05, 0) is 38.6 Å². The molecule has 1 saturated carbocycles. The second kappa shape index (κ2) is 4.96.